The largest absolute Gasteiger partial charge is 0.416 e. The van der Waals surface area contributed by atoms with Gasteiger partial charge >= 0.3 is 6.18 Å². The second-order valence-electron chi connectivity index (χ2n) is 5.77. The number of pyridine rings is 1. The molecule has 0 amide bonds. The second kappa shape index (κ2) is 5.90. The highest BCUT2D eigenvalue weighted by Crippen LogP contribution is 2.45. The van der Waals surface area contributed by atoms with E-state index in [0.717, 1.165) is 37.9 Å². The molecule has 0 bridgehead atoms. The van der Waals surface area contributed by atoms with Crippen LogP contribution < -0.4 is 11.3 Å². The Labute approximate surface area is 122 Å². The number of rotatable bonds is 4. The van der Waals surface area contributed by atoms with Crippen LogP contribution in [0.15, 0.2) is 18.5 Å². The number of nitrogens with one attached hydrogen (secondary N) is 1. The minimum atomic E-state index is -4.42. The highest BCUT2D eigenvalue weighted by Gasteiger charge is 2.46. The van der Waals surface area contributed by atoms with E-state index in [2.05, 4.69) is 10.4 Å². The van der Waals surface area contributed by atoms with Crippen molar-refractivity contribution in [2.75, 3.05) is 14.1 Å². The van der Waals surface area contributed by atoms with Crippen LogP contribution >= 0.6 is 0 Å². The van der Waals surface area contributed by atoms with Gasteiger partial charge in [0.25, 0.3) is 0 Å². The van der Waals surface area contributed by atoms with Crippen molar-refractivity contribution in [1.29, 1.82) is 0 Å². The van der Waals surface area contributed by atoms with Gasteiger partial charge in [-0.15, -0.1) is 0 Å². The number of nitrogens with two attached hydrogens (primary N) is 1. The lowest BCUT2D eigenvalue weighted by atomic mass is 9.81. The summed E-state index contributed by atoms with van der Waals surface area (Å²) in [6.45, 7) is 0. The molecule has 1 heterocycles. The Morgan fingerprint density at radius 1 is 1.33 bits per heavy atom. The van der Waals surface area contributed by atoms with Crippen LogP contribution in [0.2, 0.25) is 0 Å². The van der Waals surface area contributed by atoms with Crippen LogP contribution in [-0.4, -0.2) is 29.5 Å². The van der Waals surface area contributed by atoms with Gasteiger partial charge in [-0.1, -0.05) is 12.8 Å². The lowest BCUT2D eigenvalue weighted by Crippen LogP contribution is -2.54. The van der Waals surface area contributed by atoms with E-state index in [1.807, 2.05) is 19.0 Å². The number of halogens is 3. The molecule has 1 aromatic heterocycles. The number of nitrogens with zero attached hydrogens (tertiary/aromatic N) is 2. The molecule has 7 heteroatoms. The van der Waals surface area contributed by atoms with Crippen LogP contribution in [0.5, 0.6) is 0 Å². The van der Waals surface area contributed by atoms with Gasteiger partial charge in [0, 0.05) is 23.5 Å². The highest BCUT2D eigenvalue weighted by atomic mass is 19.4. The average Bonchev–Trinajstić information content (AvgIpc) is 2.90. The molecule has 0 aliphatic heterocycles. The third-order valence-corrected chi connectivity index (χ3v) is 4.53. The van der Waals surface area contributed by atoms with E-state index in [0.29, 0.717) is 0 Å². The van der Waals surface area contributed by atoms with Gasteiger partial charge in [0.15, 0.2) is 0 Å². The van der Waals surface area contributed by atoms with Crippen LogP contribution in [-0.2, 0) is 6.18 Å². The zero-order chi connectivity index (χ0) is 15.7. The molecule has 0 spiro atoms. The average molecular weight is 302 g/mol. The highest BCUT2D eigenvalue weighted by molar-refractivity contribution is 5.32. The van der Waals surface area contributed by atoms with Crippen molar-refractivity contribution in [2.45, 2.75) is 43.4 Å². The van der Waals surface area contributed by atoms with E-state index < -0.39 is 23.3 Å². The molecule has 2 rings (SSSR count). The maximum atomic E-state index is 13.2. The summed E-state index contributed by atoms with van der Waals surface area (Å²) < 4.78 is 39.7. The van der Waals surface area contributed by atoms with E-state index in [4.69, 9.17) is 5.84 Å². The fraction of sp³-hybridized carbons (Fsp3) is 0.643. The first-order chi connectivity index (χ1) is 9.83. The van der Waals surface area contributed by atoms with Crippen LogP contribution in [0, 0.1) is 0 Å². The molecule has 21 heavy (non-hydrogen) atoms. The molecule has 1 unspecified atom stereocenters. The zero-order valence-corrected chi connectivity index (χ0v) is 12.2. The summed E-state index contributed by atoms with van der Waals surface area (Å²) in [7, 11) is 3.78. The van der Waals surface area contributed by atoms with Gasteiger partial charge in [-0.25, -0.2) is 0 Å². The van der Waals surface area contributed by atoms with Gasteiger partial charge in [0.05, 0.1) is 11.6 Å². The van der Waals surface area contributed by atoms with Crippen molar-refractivity contribution in [1.82, 2.24) is 15.3 Å². The number of alkyl halides is 3. The summed E-state index contributed by atoms with van der Waals surface area (Å²) in [6.07, 6.45) is 1.60. The molecular formula is C14H21F3N4. The predicted octanol–water partition coefficient (Wildman–Crippen LogP) is 2.48. The van der Waals surface area contributed by atoms with E-state index in [-0.39, 0.29) is 5.56 Å². The van der Waals surface area contributed by atoms with Crippen LogP contribution in [0.25, 0.3) is 0 Å². The topological polar surface area (TPSA) is 54.2 Å². The first kappa shape index (κ1) is 16.2. The van der Waals surface area contributed by atoms with Crippen molar-refractivity contribution in [2.24, 2.45) is 5.84 Å². The molecule has 4 nitrogen and oxygen atoms in total. The van der Waals surface area contributed by atoms with Gasteiger partial charge in [-0.3, -0.25) is 16.3 Å². The molecule has 1 atom stereocenters. The van der Waals surface area contributed by atoms with Crippen molar-refractivity contribution >= 4 is 0 Å². The molecule has 1 aliphatic carbocycles. The van der Waals surface area contributed by atoms with E-state index in [1.54, 1.807) is 0 Å². The molecule has 118 valence electrons. The monoisotopic (exact) mass is 302 g/mol. The van der Waals surface area contributed by atoms with Crippen LogP contribution in [0.3, 0.4) is 0 Å². The number of aromatic nitrogens is 1. The minimum Gasteiger partial charge on any atom is -0.302 e. The van der Waals surface area contributed by atoms with Crippen molar-refractivity contribution in [3.8, 4) is 0 Å². The van der Waals surface area contributed by atoms with Gasteiger partial charge in [-0.05, 0) is 33.0 Å². The van der Waals surface area contributed by atoms with Gasteiger partial charge < -0.3 is 4.90 Å². The predicted molar refractivity (Wildman–Crippen MR) is 74.2 cm³/mol. The molecule has 0 aromatic carbocycles. The maximum absolute atomic E-state index is 13.2. The van der Waals surface area contributed by atoms with Crippen molar-refractivity contribution in [3.63, 3.8) is 0 Å². The molecule has 1 aliphatic rings. The Kier molecular flexibility index (Phi) is 4.55. The Morgan fingerprint density at radius 3 is 2.43 bits per heavy atom. The van der Waals surface area contributed by atoms with Crippen molar-refractivity contribution < 1.29 is 13.2 Å². The molecule has 1 aromatic rings. The van der Waals surface area contributed by atoms with Crippen LogP contribution in [0.4, 0.5) is 13.2 Å². The summed E-state index contributed by atoms with van der Waals surface area (Å²) in [5.74, 6) is 5.65. The van der Waals surface area contributed by atoms with E-state index >= 15 is 0 Å². The minimum absolute atomic E-state index is 0.114. The molecule has 3 N–H and O–H groups in total. The molecule has 0 saturated heterocycles. The summed E-state index contributed by atoms with van der Waals surface area (Å²) in [5.41, 5.74) is 1.64. The van der Waals surface area contributed by atoms with Gasteiger partial charge in [0.1, 0.15) is 0 Å². The summed E-state index contributed by atoms with van der Waals surface area (Å²) >= 11 is 0. The third kappa shape index (κ3) is 2.90. The Bertz CT molecular complexity index is 481. The van der Waals surface area contributed by atoms with Crippen molar-refractivity contribution in [3.05, 3.63) is 29.6 Å². The molecule has 1 saturated carbocycles. The zero-order valence-electron chi connectivity index (χ0n) is 12.2. The Hall–Kier alpha value is -1.18. The summed E-state index contributed by atoms with van der Waals surface area (Å²) in [6, 6.07) is 0.401. The Balaban J connectivity index is 2.52. The normalized spacial score (nSPS) is 20.0. The summed E-state index contributed by atoms with van der Waals surface area (Å²) in [5, 5.41) is 0. The second-order valence-corrected chi connectivity index (χ2v) is 5.77. The summed E-state index contributed by atoms with van der Waals surface area (Å²) in [4.78, 5) is 5.86. The Morgan fingerprint density at radius 2 is 1.95 bits per heavy atom. The fourth-order valence-corrected chi connectivity index (χ4v) is 3.41. The SMILES string of the molecule is CN(C)C1(C(NN)c2cnccc2C(F)(F)F)CCCC1. The number of hydrogen-bond acceptors (Lipinski definition) is 4. The van der Waals surface area contributed by atoms with Gasteiger partial charge in [0.2, 0.25) is 0 Å². The number of hydrazine groups is 1. The number of hydrogen-bond donors (Lipinski definition) is 2. The number of likely N-dealkylation sites (N-methyl/N-ethyl adjacent to an activating group) is 1. The standard InChI is InChI=1S/C14H21F3N4/c1-21(2)13(6-3-4-7-13)12(20-18)10-9-19-8-5-11(10)14(15,16)17/h5,8-9,12,20H,3-4,6-7,18H2,1-2H3. The molecule has 1 fully saturated rings. The van der Waals surface area contributed by atoms with E-state index in [9.17, 15) is 13.2 Å². The lowest BCUT2D eigenvalue weighted by molar-refractivity contribution is -0.138. The fourth-order valence-electron chi connectivity index (χ4n) is 3.41. The van der Waals surface area contributed by atoms with Crippen LogP contribution in [0.1, 0.15) is 42.9 Å². The lowest BCUT2D eigenvalue weighted by Gasteiger charge is -2.43. The third-order valence-electron chi connectivity index (χ3n) is 4.53. The van der Waals surface area contributed by atoms with E-state index in [1.165, 1.54) is 6.20 Å². The smallest absolute Gasteiger partial charge is 0.302 e. The molecule has 0 radical (unpaired) electrons. The van der Waals surface area contributed by atoms with Gasteiger partial charge in [-0.2, -0.15) is 13.2 Å². The first-order valence-corrected chi connectivity index (χ1v) is 6.97. The quantitative estimate of drug-likeness (QED) is 0.663. The molecular weight excluding hydrogens is 281 g/mol. The maximum Gasteiger partial charge on any atom is 0.416 e. The first-order valence-electron chi connectivity index (χ1n) is 6.97.